The maximum Gasteiger partial charge on any atom is 0.266 e. The topological polar surface area (TPSA) is 34.9 Å². The van der Waals surface area contributed by atoms with Crippen LogP contribution in [0.5, 0.6) is 0 Å². The van der Waals surface area contributed by atoms with Gasteiger partial charge >= 0.3 is 0 Å². The van der Waals surface area contributed by atoms with E-state index >= 15 is 0 Å². The van der Waals surface area contributed by atoms with Crippen LogP contribution in [0.3, 0.4) is 0 Å². The monoisotopic (exact) mass is 330 g/mol. The number of hydrogen-bond acceptors (Lipinski definition) is 3. The summed E-state index contributed by atoms with van der Waals surface area (Å²) < 4.78 is 1.64. The molecule has 2 aromatic carbocycles. The molecule has 3 aromatic rings. The average molecular weight is 331 g/mol. The fraction of sp³-hybridized carbons (Fsp3) is 0.176. The number of para-hydroxylation sites is 1. The fourth-order valence-corrected chi connectivity index (χ4v) is 3.20. The summed E-state index contributed by atoms with van der Waals surface area (Å²) in [6.45, 7) is 3.98. The van der Waals surface area contributed by atoms with Crippen molar-refractivity contribution in [3.63, 3.8) is 0 Å². The third-order valence-corrected chi connectivity index (χ3v) is 4.66. The van der Waals surface area contributed by atoms with Crippen LogP contribution in [0, 0.1) is 6.92 Å². The predicted molar refractivity (Wildman–Crippen MR) is 93.5 cm³/mol. The smallest absolute Gasteiger partial charge is 0.266 e. The molecule has 0 aliphatic carbocycles. The van der Waals surface area contributed by atoms with Crippen LogP contribution < -0.4 is 5.56 Å². The first kappa shape index (κ1) is 15.1. The van der Waals surface area contributed by atoms with Gasteiger partial charge in [-0.25, -0.2) is 4.98 Å². The van der Waals surface area contributed by atoms with Crippen molar-refractivity contribution < 1.29 is 0 Å². The number of nitrogens with zero attached hydrogens (tertiary/aromatic N) is 2. The van der Waals surface area contributed by atoms with E-state index in [2.05, 4.69) is 4.98 Å². The molecule has 3 rings (SSSR count). The molecule has 22 heavy (non-hydrogen) atoms. The fourth-order valence-electron chi connectivity index (χ4n) is 2.29. The van der Waals surface area contributed by atoms with Crippen LogP contribution in [-0.4, -0.2) is 15.3 Å². The van der Waals surface area contributed by atoms with E-state index in [-0.39, 0.29) is 5.56 Å². The van der Waals surface area contributed by atoms with Crippen molar-refractivity contribution in [3.05, 3.63) is 63.4 Å². The van der Waals surface area contributed by atoms with Gasteiger partial charge in [0.1, 0.15) is 0 Å². The lowest BCUT2D eigenvalue weighted by atomic mass is 10.2. The Balaban J connectivity index is 2.35. The lowest BCUT2D eigenvalue weighted by molar-refractivity contribution is 0.820. The van der Waals surface area contributed by atoms with Gasteiger partial charge in [0, 0.05) is 5.02 Å². The molecule has 0 atom stereocenters. The van der Waals surface area contributed by atoms with Crippen LogP contribution in [0.25, 0.3) is 16.6 Å². The molecule has 0 unspecified atom stereocenters. The molecule has 0 N–H and O–H groups in total. The Labute approximate surface area is 138 Å². The van der Waals surface area contributed by atoms with Crippen molar-refractivity contribution in [2.24, 2.45) is 0 Å². The maximum absolute atomic E-state index is 12.9. The van der Waals surface area contributed by atoms with E-state index in [0.29, 0.717) is 15.6 Å². The summed E-state index contributed by atoms with van der Waals surface area (Å²) >= 11 is 7.77. The first-order valence-electron chi connectivity index (χ1n) is 7.03. The molecule has 1 aromatic heterocycles. The molecule has 0 fully saturated rings. The lowest BCUT2D eigenvalue weighted by Gasteiger charge is -2.13. The lowest BCUT2D eigenvalue weighted by Crippen LogP contribution is -2.21. The van der Waals surface area contributed by atoms with E-state index in [1.807, 2.05) is 50.2 Å². The first-order chi connectivity index (χ1) is 10.6. The summed E-state index contributed by atoms with van der Waals surface area (Å²) in [4.78, 5) is 17.5. The van der Waals surface area contributed by atoms with Gasteiger partial charge in [-0.05, 0) is 42.5 Å². The van der Waals surface area contributed by atoms with E-state index in [0.717, 1.165) is 22.5 Å². The molecule has 0 amide bonds. The standard InChI is InChI=1S/C17H15ClN2OS/c1-3-22-17-19-15-7-5-4-6-13(15)16(21)20(17)12-9-8-11(2)14(18)10-12/h4-10H,3H2,1-2H3. The Morgan fingerprint density at radius 1 is 1.23 bits per heavy atom. The van der Waals surface area contributed by atoms with E-state index in [1.165, 1.54) is 0 Å². The van der Waals surface area contributed by atoms with E-state index < -0.39 is 0 Å². The van der Waals surface area contributed by atoms with Gasteiger partial charge in [-0.3, -0.25) is 9.36 Å². The quantitative estimate of drug-likeness (QED) is 0.525. The van der Waals surface area contributed by atoms with Gasteiger partial charge < -0.3 is 0 Å². The highest BCUT2D eigenvalue weighted by Crippen LogP contribution is 2.24. The Morgan fingerprint density at radius 3 is 2.73 bits per heavy atom. The van der Waals surface area contributed by atoms with Crippen molar-refractivity contribution in [3.8, 4) is 5.69 Å². The molecule has 0 saturated heterocycles. The Bertz CT molecular complexity index is 905. The van der Waals surface area contributed by atoms with Gasteiger partial charge in [-0.1, -0.05) is 48.5 Å². The summed E-state index contributed by atoms with van der Waals surface area (Å²) in [6, 6.07) is 13.0. The van der Waals surface area contributed by atoms with Gasteiger partial charge in [-0.15, -0.1) is 0 Å². The zero-order valence-corrected chi connectivity index (χ0v) is 13.9. The Hall–Kier alpha value is -1.78. The normalized spacial score (nSPS) is 11.0. The third-order valence-electron chi connectivity index (χ3n) is 3.43. The van der Waals surface area contributed by atoms with Crippen LogP contribution in [0.1, 0.15) is 12.5 Å². The number of rotatable bonds is 3. The van der Waals surface area contributed by atoms with Gasteiger partial charge in [0.2, 0.25) is 0 Å². The molecule has 1 heterocycles. The van der Waals surface area contributed by atoms with Gasteiger partial charge in [0.15, 0.2) is 5.16 Å². The van der Waals surface area contributed by atoms with Crippen LogP contribution in [0.15, 0.2) is 52.4 Å². The van der Waals surface area contributed by atoms with Crippen molar-refractivity contribution in [2.45, 2.75) is 19.0 Å². The Morgan fingerprint density at radius 2 is 2.00 bits per heavy atom. The zero-order chi connectivity index (χ0) is 15.7. The molecule has 0 bridgehead atoms. The molecule has 0 aliphatic heterocycles. The Kier molecular flexibility index (Phi) is 4.23. The zero-order valence-electron chi connectivity index (χ0n) is 12.3. The van der Waals surface area contributed by atoms with E-state index in [1.54, 1.807) is 22.4 Å². The van der Waals surface area contributed by atoms with E-state index in [9.17, 15) is 4.79 Å². The number of aromatic nitrogens is 2. The minimum atomic E-state index is -0.0681. The second-order valence-electron chi connectivity index (χ2n) is 4.92. The molecule has 112 valence electrons. The summed E-state index contributed by atoms with van der Waals surface area (Å²) in [5.41, 5.74) is 2.38. The second-order valence-corrected chi connectivity index (χ2v) is 6.56. The number of thioether (sulfide) groups is 1. The van der Waals surface area contributed by atoms with Gasteiger partial charge in [0.25, 0.3) is 5.56 Å². The minimum absolute atomic E-state index is 0.0681. The van der Waals surface area contributed by atoms with E-state index in [4.69, 9.17) is 11.6 Å². The molecule has 0 radical (unpaired) electrons. The maximum atomic E-state index is 12.9. The largest absolute Gasteiger partial charge is 0.268 e. The van der Waals surface area contributed by atoms with Gasteiger partial charge in [0.05, 0.1) is 16.6 Å². The molecular formula is C17H15ClN2OS. The summed E-state index contributed by atoms with van der Waals surface area (Å²) in [5.74, 6) is 0.838. The number of fused-ring (bicyclic) bond motifs is 1. The van der Waals surface area contributed by atoms with Crippen molar-refractivity contribution in [1.82, 2.24) is 9.55 Å². The highest BCUT2D eigenvalue weighted by molar-refractivity contribution is 7.99. The number of benzene rings is 2. The van der Waals surface area contributed by atoms with Crippen molar-refractivity contribution >= 4 is 34.3 Å². The summed E-state index contributed by atoms with van der Waals surface area (Å²) in [5, 5.41) is 1.94. The highest BCUT2D eigenvalue weighted by atomic mass is 35.5. The van der Waals surface area contributed by atoms with Crippen LogP contribution in [0.2, 0.25) is 5.02 Å². The van der Waals surface area contributed by atoms with Crippen molar-refractivity contribution in [1.29, 1.82) is 0 Å². The summed E-state index contributed by atoms with van der Waals surface area (Å²) in [7, 11) is 0. The first-order valence-corrected chi connectivity index (χ1v) is 8.39. The SMILES string of the molecule is CCSc1nc2ccccc2c(=O)n1-c1ccc(C)c(Cl)c1. The molecule has 5 heteroatoms. The molecule has 3 nitrogen and oxygen atoms in total. The predicted octanol–water partition coefficient (Wildman–Crippen LogP) is 4.46. The molecule has 0 aliphatic rings. The second kappa shape index (κ2) is 6.15. The van der Waals surface area contributed by atoms with Crippen molar-refractivity contribution in [2.75, 3.05) is 5.75 Å². The number of hydrogen-bond donors (Lipinski definition) is 0. The average Bonchev–Trinajstić information content (AvgIpc) is 2.51. The molecular weight excluding hydrogens is 316 g/mol. The minimum Gasteiger partial charge on any atom is -0.268 e. The van der Waals surface area contributed by atoms with Gasteiger partial charge in [-0.2, -0.15) is 0 Å². The van der Waals surface area contributed by atoms with Crippen LogP contribution in [-0.2, 0) is 0 Å². The molecule has 0 saturated carbocycles. The third kappa shape index (κ3) is 2.64. The van der Waals surface area contributed by atoms with Crippen LogP contribution in [0.4, 0.5) is 0 Å². The highest BCUT2D eigenvalue weighted by Gasteiger charge is 2.13. The number of halogens is 1. The summed E-state index contributed by atoms with van der Waals surface area (Å²) in [6.07, 6.45) is 0. The molecule has 0 spiro atoms. The number of aryl methyl sites for hydroxylation is 1. The van der Waals surface area contributed by atoms with Crippen LogP contribution >= 0.6 is 23.4 Å².